The number of carbonyl (C=O) groups is 2. The highest BCUT2D eigenvalue weighted by Gasteiger charge is 2.38. The lowest BCUT2D eigenvalue weighted by Crippen LogP contribution is -2.51. The third-order valence-electron chi connectivity index (χ3n) is 5.23. The van der Waals surface area contributed by atoms with Crippen LogP contribution in [0.1, 0.15) is 16.7 Å². The van der Waals surface area contributed by atoms with Gasteiger partial charge in [-0.1, -0.05) is 6.07 Å². The third-order valence-corrected chi connectivity index (χ3v) is 6.27. The maximum Gasteiger partial charge on any atom is 0.420 e. The molecule has 0 unspecified atom stereocenters. The molecule has 0 saturated carbocycles. The Kier molecular flexibility index (Phi) is 6.45. The Morgan fingerprint density at radius 2 is 1.94 bits per heavy atom. The number of rotatable bonds is 5. The van der Waals surface area contributed by atoms with Crippen molar-refractivity contribution >= 4 is 34.9 Å². The first-order chi connectivity index (χ1) is 16.6. The molecule has 0 bridgehead atoms. The number of halogens is 3. The van der Waals surface area contributed by atoms with Gasteiger partial charge in [0.15, 0.2) is 16.7 Å². The number of aliphatic imine (C=N–C) groups is 1. The Morgan fingerprint density at radius 3 is 2.57 bits per heavy atom. The molecule has 0 radical (unpaired) electrons. The largest absolute Gasteiger partial charge is 0.493 e. The molecule has 2 aliphatic rings. The minimum absolute atomic E-state index is 0.00693. The van der Waals surface area contributed by atoms with Gasteiger partial charge in [-0.2, -0.15) is 23.4 Å². The summed E-state index contributed by atoms with van der Waals surface area (Å²) < 4.78 is 51.1. The Morgan fingerprint density at radius 1 is 1.23 bits per heavy atom. The molecule has 4 rings (SSSR count). The minimum Gasteiger partial charge on any atom is -0.493 e. The molecular weight excluding hydrogens is 487 g/mol. The van der Waals surface area contributed by atoms with Crippen molar-refractivity contribution < 1.29 is 37.3 Å². The zero-order chi connectivity index (χ0) is 25.3. The van der Waals surface area contributed by atoms with E-state index in [1.165, 1.54) is 31.4 Å². The molecule has 0 aliphatic carbocycles. The molecule has 1 N–H and O–H groups in total. The van der Waals surface area contributed by atoms with Crippen LogP contribution in [0.25, 0.3) is 6.08 Å². The highest BCUT2D eigenvalue weighted by Crippen LogP contribution is 2.41. The van der Waals surface area contributed by atoms with Crippen LogP contribution in [-0.4, -0.2) is 47.2 Å². The van der Waals surface area contributed by atoms with Gasteiger partial charge in [-0.25, -0.2) is 0 Å². The Balaban J connectivity index is 1.53. The van der Waals surface area contributed by atoms with E-state index in [0.29, 0.717) is 21.7 Å². The van der Waals surface area contributed by atoms with Crippen LogP contribution in [0.15, 0.2) is 46.3 Å². The van der Waals surface area contributed by atoms with E-state index in [2.05, 4.69) is 4.99 Å². The maximum atomic E-state index is 13.5. The lowest BCUT2D eigenvalue weighted by molar-refractivity contribution is -0.145. The van der Waals surface area contributed by atoms with Gasteiger partial charge in [0, 0.05) is 13.1 Å². The fourth-order valence-corrected chi connectivity index (χ4v) is 4.29. The van der Waals surface area contributed by atoms with Gasteiger partial charge in [-0.05, 0) is 53.7 Å². The Labute approximate surface area is 201 Å². The van der Waals surface area contributed by atoms with E-state index in [1.807, 2.05) is 0 Å². The Bertz CT molecular complexity index is 1310. The first-order valence-corrected chi connectivity index (χ1v) is 10.9. The fourth-order valence-electron chi connectivity index (χ4n) is 3.36. The number of alkyl halides is 3. The summed E-state index contributed by atoms with van der Waals surface area (Å²) >= 11 is 1.11. The second kappa shape index (κ2) is 9.34. The molecule has 0 atom stereocenters. The van der Waals surface area contributed by atoms with E-state index in [4.69, 9.17) is 19.8 Å². The van der Waals surface area contributed by atoms with E-state index in [1.54, 1.807) is 17.0 Å². The van der Waals surface area contributed by atoms with Crippen molar-refractivity contribution in [1.29, 1.82) is 5.26 Å². The molecule has 2 aromatic rings. The van der Waals surface area contributed by atoms with Crippen molar-refractivity contribution in [2.24, 2.45) is 10.9 Å². The molecule has 1 amide bonds. The zero-order valence-corrected chi connectivity index (χ0v) is 18.8. The average Bonchev–Trinajstić information content (AvgIpc) is 3.12. The molecule has 180 valence electrons. The van der Waals surface area contributed by atoms with Gasteiger partial charge < -0.3 is 19.5 Å². The van der Waals surface area contributed by atoms with E-state index in [0.717, 1.165) is 17.8 Å². The van der Waals surface area contributed by atoms with E-state index in [9.17, 15) is 22.8 Å². The number of amides is 1. The first kappa shape index (κ1) is 24.2. The molecule has 1 saturated heterocycles. The molecule has 35 heavy (non-hydrogen) atoms. The molecular formula is C23H16F3N3O5S. The zero-order valence-electron chi connectivity index (χ0n) is 18.0. The number of nitriles is 1. The number of amidine groups is 1. The number of thioether (sulfide) groups is 1. The van der Waals surface area contributed by atoms with Crippen LogP contribution in [0, 0.1) is 17.2 Å². The van der Waals surface area contributed by atoms with Gasteiger partial charge in [0.25, 0.3) is 5.91 Å². The molecule has 0 spiro atoms. The second-order valence-electron chi connectivity index (χ2n) is 7.58. The van der Waals surface area contributed by atoms with Crippen molar-refractivity contribution in [3.63, 3.8) is 0 Å². The van der Waals surface area contributed by atoms with Crippen LogP contribution in [0.5, 0.6) is 17.2 Å². The number of aliphatic carboxylic acids is 1. The predicted molar refractivity (Wildman–Crippen MR) is 120 cm³/mol. The van der Waals surface area contributed by atoms with Gasteiger partial charge >= 0.3 is 12.1 Å². The van der Waals surface area contributed by atoms with Crippen LogP contribution in [0.4, 0.5) is 13.2 Å². The third kappa shape index (κ3) is 5.09. The van der Waals surface area contributed by atoms with Crippen LogP contribution >= 0.6 is 11.8 Å². The molecule has 1 fully saturated rings. The van der Waals surface area contributed by atoms with Crippen molar-refractivity contribution in [2.75, 3.05) is 20.2 Å². The standard InChI is InChI=1S/C23H16F3N3O5S/c1-33-18-7-12(8-19-20(30)28-22(35-19)29-10-14(11-29)21(31)32)2-5-17(18)34-16-4-3-13(9-27)6-15(16)23(24,25)26/h2-8,14H,10-11H2,1H3,(H,31,32)/b19-8+. The topological polar surface area (TPSA) is 112 Å². The number of carboxylic acid groups (broad SMARTS) is 1. The number of hydrogen-bond donors (Lipinski definition) is 1. The van der Waals surface area contributed by atoms with E-state index in [-0.39, 0.29) is 30.2 Å². The summed E-state index contributed by atoms with van der Waals surface area (Å²) in [6, 6.07) is 9.09. The number of likely N-dealkylation sites (tertiary alicyclic amines) is 1. The summed E-state index contributed by atoms with van der Waals surface area (Å²) in [6.07, 6.45) is -3.19. The number of methoxy groups -OCH3 is 1. The van der Waals surface area contributed by atoms with E-state index >= 15 is 0 Å². The first-order valence-electron chi connectivity index (χ1n) is 10.1. The van der Waals surface area contributed by atoms with Gasteiger partial charge in [0.2, 0.25) is 0 Å². The summed E-state index contributed by atoms with van der Waals surface area (Å²) in [4.78, 5) is 29.2. The van der Waals surface area contributed by atoms with Crippen molar-refractivity contribution in [3.05, 3.63) is 58.0 Å². The summed E-state index contributed by atoms with van der Waals surface area (Å²) in [7, 11) is 1.32. The van der Waals surface area contributed by atoms with Gasteiger partial charge in [-0.15, -0.1) is 0 Å². The molecule has 2 aliphatic heterocycles. The monoisotopic (exact) mass is 503 g/mol. The molecule has 12 heteroatoms. The van der Waals surface area contributed by atoms with Crippen LogP contribution in [-0.2, 0) is 15.8 Å². The maximum absolute atomic E-state index is 13.5. The normalized spacial score (nSPS) is 17.1. The van der Waals surface area contributed by atoms with Crippen molar-refractivity contribution in [1.82, 2.24) is 4.90 Å². The Hall–Kier alpha value is -3.98. The van der Waals surface area contributed by atoms with Crippen molar-refractivity contribution in [2.45, 2.75) is 6.18 Å². The number of carboxylic acids is 1. The fraction of sp³-hybridized carbons (Fsp3) is 0.217. The van der Waals surface area contributed by atoms with Crippen LogP contribution < -0.4 is 9.47 Å². The number of carbonyl (C=O) groups excluding carboxylic acids is 1. The summed E-state index contributed by atoms with van der Waals surface area (Å²) in [5.41, 5.74) is -0.737. The number of nitrogens with zero attached hydrogens (tertiary/aromatic N) is 3. The van der Waals surface area contributed by atoms with Gasteiger partial charge in [0.1, 0.15) is 5.75 Å². The summed E-state index contributed by atoms with van der Waals surface area (Å²) in [6.45, 7) is 0.549. The summed E-state index contributed by atoms with van der Waals surface area (Å²) in [5.74, 6) is -2.23. The average molecular weight is 503 g/mol. The molecule has 8 nitrogen and oxygen atoms in total. The molecule has 2 aromatic carbocycles. The smallest absolute Gasteiger partial charge is 0.420 e. The highest BCUT2D eigenvalue weighted by molar-refractivity contribution is 8.18. The van der Waals surface area contributed by atoms with Crippen molar-refractivity contribution in [3.8, 4) is 23.3 Å². The lowest BCUT2D eigenvalue weighted by Gasteiger charge is -2.37. The SMILES string of the molecule is COc1cc(/C=C2/SC(N3CC(C(=O)O)C3)=NC2=O)ccc1Oc1ccc(C#N)cc1C(F)(F)F. The van der Waals surface area contributed by atoms with Gasteiger partial charge in [0.05, 0.1) is 35.1 Å². The number of ether oxygens (including phenoxy) is 2. The van der Waals surface area contributed by atoms with Gasteiger partial charge in [-0.3, -0.25) is 9.59 Å². The number of hydrogen-bond acceptors (Lipinski definition) is 7. The van der Waals surface area contributed by atoms with Crippen LogP contribution in [0.2, 0.25) is 0 Å². The predicted octanol–water partition coefficient (Wildman–Crippen LogP) is 4.36. The lowest BCUT2D eigenvalue weighted by atomic mass is 10.0. The molecule has 2 heterocycles. The number of benzene rings is 2. The van der Waals surface area contributed by atoms with E-state index < -0.39 is 35.3 Å². The molecule has 0 aromatic heterocycles. The second-order valence-corrected chi connectivity index (χ2v) is 8.59. The quantitative estimate of drug-likeness (QED) is 0.599. The minimum atomic E-state index is -4.74. The highest BCUT2D eigenvalue weighted by atomic mass is 32.2. The van der Waals surface area contributed by atoms with Crippen LogP contribution in [0.3, 0.4) is 0 Å². The summed E-state index contributed by atoms with van der Waals surface area (Å²) in [5, 5.41) is 18.3.